The molecule has 0 saturated carbocycles. The number of nitrogens with one attached hydrogen (secondary N) is 2. The number of H-pyrrole nitrogens is 1. The molecule has 3 aromatic heterocycles. The second kappa shape index (κ2) is 7.70. The highest BCUT2D eigenvalue weighted by Crippen LogP contribution is 2.35. The minimum Gasteiger partial charge on any atom is -0.481 e. The Kier molecular flexibility index (Phi) is 4.94. The molecule has 0 aliphatic carbocycles. The van der Waals surface area contributed by atoms with Crippen LogP contribution in [0.5, 0.6) is 0 Å². The number of aromatic nitrogens is 5. The van der Waals surface area contributed by atoms with E-state index in [0.717, 1.165) is 5.69 Å². The van der Waals surface area contributed by atoms with E-state index in [9.17, 15) is 9.18 Å². The zero-order valence-electron chi connectivity index (χ0n) is 15.7. The lowest BCUT2D eigenvalue weighted by Crippen LogP contribution is -2.07. The summed E-state index contributed by atoms with van der Waals surface area (Å²) in [6.07, 6.45) is 5.70. The van der Waals surface area contributed by atoms with Crippen molar-refractivity contribution in [3.05, 3.63) is 54.4 Å². The number of fused-ring (bicyclic) bond motifs is 1. The van der Waals surface area contributed by atoms with E-state index in [0.29, 0.717) is 46.9 Å². The van der Waals surface area contributed by atoms with Crippen LogP contribution in [-0.2, 0) is 4.79 Å². The average Bonchev–Trinajstić information content (AvgIpc) is 3.29. The topological polar surface area (TPSA) is 108 Å². The Labute approximate surface area is 165 Å². The Bertz CT molecular complexity index is 1180. The fraction of sp³-hybridized carbons (Fsp3) is 0.200. The third-order valence-corrected chi connectivity index (χ3v) is 4.51. The number of aromatic amines is 1. The molecule has 4 rings (SSSR count). The van der Waals surface area contributed by atoms with Crippen molar-refractivity contribution < 1.29 is 14.3 Å². The van der Waals surface area contributed by atoms with E-state index in [1.807, 2.05) is 17.5 Å². The first kappa shape index (κ1) is 18.6. The number of aryl methyl sites for hydroxylation is 1. The van der Waals surface area contributed by atoms with Crippen LogP contribution < -0.4 is 5.32 Å². The van der Waals surface area contributed by atoms with Crippen LogP contribution >= 0.6 is 0 Å². The van der Waals surface area contributed by atoms with Crippen molar-refractivity contribution in [3.63, 3.8) is 0 Å². The third-order valence-electron chi connectivity index (χ3n) is 4.51. The van der Waals surface area contributed by atoms with Crippen LogP contribution in [0.2, 0.25) is 0 Å². The molecule has 1 aromatic carbocycles. The summed E-state index contributed by atoms with van der Waals surface area (Å²) in [7, 11) is 0. The monoisotopic (exact) mass is 394 g/mol. The van der Waals surface area contributed by atoms with Crippen molar-refractivity contribution >= 4 is 17.4 Å². The number of rotatable bonds is 7. The smallest absolute Gasteiger partial charge is 0.303 e. The number of imidazole rings is 1. The Morgan fingerprint density at radius 3 is 3.00 bits per heavy atom. The van der Waals surface area contributed by atoms with Gasteiger partial charge in [0.2, 0.25) is 0 Å². The van der Waals surface area contributed by atoms with E-state index < -0.39 is 5.97 Å². The molecule has 0 fully saturated rings. The van der Waals surface area contributed by atoms with Gasteiger partial charge in [-0.1, -0.05) is 12.1 Å². The predicted octanol–water partition coefficient (Wildman–Crippen LogP) is 3.51. The van der Waals surface area contributed by atoms with Gasteiger partial charge in [-0.3, -0.25) is 19.3 Å². The van der Waals surface area contributed by atoms with Gasteiger partial charge >= 0.3 is 5.97 Å². The van der Waals surface area contributed by atoms with Crippen molar-refractivity contribution in [2.45, 2.75) is 19.8 Å². The molecule has 8 nitrogen and oxygen atoms in total. The minimum atomic E-state index is -0.839. The van der Waals surface area contributed by atoms with Crippen molar-refractivity contribution in [1.82, 2.24) is 24.6 Å². The number of aliphatic carboxylic acids is 1. The van der Waals surface area contributed by atoms with Gasteiger partial charge in [-0.25, -0.2) is 9.37 Å². The fourth-order valence-corrected chi connectivity index (χ4v) is 3.18. The maximum absolute atomic E-state index is 13.7. The second-order valence-corrected chi connectivity index (χ2v) is 6.66. The van der Waals surface area contributed by atoms with Gasteiger partial charge in [-0.15, -0.1) is 0 Å². The highest BCUT2D eigenvalue weighted by Gasteiger charge is 2.20. The Hall–Kier alpha value is -3.75. The quantitative estimate of drug-likeness (QED) is 0.414. The molecule has 3 N–H and O–H groups in total. The fourth-order valence-electron chi connectivity index (χ4n) is 3.18. The minimum absolute atomic E-state index is 0.0694. The maximum Gasteiger partial charge on any atom is 0.303 e. The molecule has 0 aliphatic rings. The molecule has 9 heteroatoms. The van der Waals surface area contributed by atoms with Crippen LogP contribution in [0.25, 0.3) is 28.2 Å². The zero-order valence-corrected chi connectivity index (χ0v) is 15.7. The zero-order chi connectivity index (χ0) is 20.4. The summed E-state index contributed by atoms with van der Waals surface area (Å²) >= 11 is 0. The highest BCUT2D eigenvalue weighted by atomic mass is 19.1. The van der Waals surface area contributed by atoms with Crippen LogP contribution in [-0.4, -0.2) is 42.2 Å². The SMILES string of the molecule is Cc1cn2c(NCCCC(=O)O)c(-c3cn[nH]c3-c3cccc(F)c3)nc2cn1. The third kappa shape index (κ3) is 3.79. The van der Waals surface area contributed by atoms with E-state index in [2.05, 4.69) is 25.5 Å². The van der Waals surface area contributed by atoms with Gasteiger partial charge in [-0.05, 0) is 25.5 Å². The molecule has 148 valence electrons. The van der Waals surface area contributed by atoms with Gasteiger partial charge < -0.3 is 10.4 Å². The number of carboxylic acids is 1. The van der Waals surface area contributed by atoms with Crippen molar-refractivity contribution in [2.24, 2.45) is 0 Å². The van der Waals surface area contributed by atoms with Gasteiger partial charge in [0.1, 0.15) is 17.3 Å². The lowest BCUT2D eigenvalue weighted by Gasteiger charge is -2.09. The first-order valence-electron chi connectivity index (χ1n) is 9.13. The van der Waals surface area contributed by atoms with Crippen molar-refractivity contribution in [1.29, 1.82) is 0 Å². The van der Waals surface area contributed by atoms with Crippen molar-refractivity contribution in [3.8, 4) is 22.5 Å². The summed E-state index contributed by atoms with van der Waals surface area (Å²) in [5, 5.41) is 19.2. The summed E-state index contributed by atoms with van der Waals surface area (Å²) < 4.78 is 15.6. The van der Waals surface area contributed by atoms with Crippen LogP contribution in [0, 0.1) is 12.7 Å². The summed E-state index contributed by atoms with van der Waals surface area (Å²) in [6.45, 7) is 2.34. The maximum atomic E-state index is 13.7. The molecule has 0 atom stereocenters. The molecule has 0 spiro atoms. The molecule has 0 saturated heterocycles. The molecule has 0 radical (unpaired) electrons. The molecule has 0 bridgehead atoms. The second-order valence-electron chi connectivity index (χ2n) is 6.66. The van der Waals surface area contributed by atoms with E-state index >= 15 is 0 Å². The largest absolute Gasteiger partial charge is 0.481 e. The molecule has 4 aromatic rings. The average molecular weight is 394 g/mol. The summed E-state index contributed by atoms with van der Waals surface area (Å²) in [6, 6.07) is 6.24. The van der Waals surface area contributed by atoms with E-state index in [-0.39, 0.29) is 12.2 Å². The van der Waals surface area contributed by atoms with E-state index in [1.54, 1.807) is 24.5 Å². The first-order valence-corrected chi connectivity index (χ1v) is 9.13. The first-order chi connectivity index (χ1) is 14.0. The molecule has 0 aliphatic heterocycles. The summed E-state index contributed by atoms with van der Waals surface area (Å²) in [4.78, 5) is 19.8. The van der Waals surface area contributed by atoms with Gasteiger partial charge in [-0.2, -0.15) is 5.10 Å². The van der Waals surface area contributed by atoms with Crippen LogP contribution in [0.15, 0.2) is 42.9 Å². The number of hydrogen-bond acceptors (Lipinski definition) is 5. The Balaban J connectivity index is 1.79. The highest BCUT2D eigenvalue weighted by molar-refractivity contribution is 5.85. The van der Waals surface area contributed by atoms with Crippen LogP contribution in [0.1, 0.15) is 18.5 Å². The molecule has 3 heterocycles. The lowest BCUT2D eigenvalue weighted by molar-refractivity contribution is -0.137. The lowest BCUT2D eigenvalue weighted by atomic mass is 10.1. The van der Waals surface area contributed by atoms with Gasteiger partial charge in [0, 0.05) is 30.3 Å². The number of carbonyl (C=O) groups is 1. The van der Waals surface area contributed by atoms with E-state index in [1.165, 1.54) is 12.1 Å². The molecular formula is C20H19FN6O2. The van der Waals surface area contributed by atoms with Gasteiger partial charge in [0.25, 0.3) is 0 Å². The van der Waals surface area contributed by atoms with Crippen LogP contribution in [0.3, 0.4) is 0 Å². The number of benzene rings is 1. The summed E-state index contributed by atoms with van der Waals surface area (Å²) in [5.74, 6) is -0.478. The van der Waals surface area contributed by atoms with Crippen LogP contribution in [0.4, 0.5) is 10.2 Å². The summed E-state index contributed by atoms with van der Waals surface area (Å²) in [5.41, 5.74) is 4.08. The van der Waals surface area contributed by atoms with Gasteiger partial charge in [0.05, 0.1) is 23.8 Å². The Morgan fingerprint density at radius 2 is 2.21 bits per heavy atom. The number of carboxylic acid groups (broad SMARTS) is 1. The van der Waals surface area contributed by atoms with E-state index in [4.69, 9.17) is 5.11 Å². The standard InChI is InChI=1S/C20H19FN6O2/c1-12-11-27-16(10-23-12)25-19(20(27)22-7-3-6-17(28)29)15-9-24-26-18(15)13-4-2-5-14(21)8-13/h2,4-5,8-11,22H,3,6-7H2,1H3,(H,24,26)(H,28,29). The number of nitrogens with zero attached hydrogens (tertiary/aromatic N) is 4. The number of hydrogen-bond donors (Lipinski definition) is 3. The number of anilines is 1. The van der Waals surface area contributed by atoms with Crippen molar-refractivity contribution in [2.75, 3.05) is 11.9 Å². The Morgan fingerprint density at radius 1 is 1.34 bits per heavy atom. The predicted molar refractivity (Wildman–Crippen MR) is 106 cm³/mol. The molecule has 29 heavy (non-hydrogen) atoms. The van der Waals surface area contributed by atoms with Gasteiger partial charge in [0.15, 0.2) is 5.65 Å². The molecular weight excluding hydrogens is 375 g/mol. The number of halogens is 1. The molecule has 0 unspecified atom stereocenters. The normalized spacial score (nSPS) is 11.1. The molecule has 0 amide bonds.